The maximum absolute atomic E-state index is 12.2. The Balaban J connectivity index is 2.67. The van der Waals surface area contributed by atoms with E-state index in [2.05, 4.69) is 24.3 Å². The lowest BCUT2D eigenvalue weighted by atomic mass is 10.2. The zero-order chi connectivity index (χ0) is 10.7. The van der Waals surface area contributed by atoms with Crippen molar-refractivity contribution in [3.05, 3.63) is 11.9 Å². The van der Waals surface area contributed by atoms with Crippen molar-refractivity contribution in [1.29, 1.82) is 0 Å². The molecular formula is C9H15F2N3. The van der Waals surface area contributed by atoms with Gasteiger partial charge in [0.25, 0.3) is 0 Å². The SMILES string of the molecule is Cc1nn(C(F)F)cc1NCC(C)C. The number of halogens is 2. The van der Waals surface area contributed by atoms with E-state index in [1.807, 2.05) is 0 Å². The molecule has 3 nitrogen and oxygen atoms in total. The summed E-state index contributed by atoms with van der Waals surface area (Å²) >= 11 is 0. The van der Waals surface area contributed by atoms with E-state index in [0.29, 0.717) is 22.0 Å². The van der Waals surface area contributed by atoms with E-state index in [0.717, 1.165) is 6.54 Å². The molecule has 1 rings (SSSR count). The fraction of sp³-hybridized carbons (Fsp3) is 0.667. The van der Waals surface area contributed by atoms with Gasteiger partial charge in [0.05, 0.1) is 17.6 Å². The molecule has 80 valence electrons. The van der Waals surface area contributed by atoms with Crippen molar-refractivity contribution >= 4 is 5.69 Å². The first-order valence-corrected chi connectivity index (χ1v) is 4.58. The molecule has 0 atom stereocenters. The molecule has 0 unspecified atom stereocenters. The third-order valence-corrected chi connectivity index (χ3v) is 1.82. The molecule has 0 aromatic carbocycles. The standard InChI is InChI=1S/C9H15F2N3/c1-6(2)4-12-8-5-14(9(10)11)13-7(8)3/h5-6,9,12H,4H2,1-3H3. The molecule has 1 heterocycles. The Morgan fingerprint density at radius 3 is 2.57 bits per heavy atom. The Labute approximate surface area is 82.1 Å². The largest absolute Gasteiger partial charge is 0.382 e. The van der Waals surface area contributed by atoms with Crippen molar-refractivity contribution in [2.45, 2.75) is 27.3 Å². The fourth-order valence-corrected chi connectivity index (χ4v) is 1.07. The molecule has 0 spiro atoms. The zero-order valence-electron chi connectivity index (χ0n) is 8.59. The predicted octanol–water partition coefficient (Wildman–Crippen LogP) is 2.65. The summed E-state index contributed by atoms with van der Waals surface area (Å²) in [6, 6.07) is 0. The average molecular weight is 203 g/mol. The van der Waals surface area contributed by atoms with Crippen molar-refractivity contribution in [2.75, 3.05) is 11.9 Å². The predicted molar refractivity (Wildman–Crippen MR) is 51.5 cm³/mol. The van der Waals surface area contributed by atoms with Gasteiger partial charge < -0.3 is 5.32 Å². The van der Waals surface area contributed by atoms with Crippen molar-refractivity contribution in [1.82, 2.24) is 9.78 Å². The highest BCUT2D eigenvalue weighted by atomic mass is 19.3. The normalized spacial score (nSPS) is 11.4. The van der Waals surface area contributed by atoms with Crippen LogP contribution < -0.4 is 5.32 Å². The van der Waals surface area contributed by atoms with Crippen LogP contribution in [0.3, 0.4) is 0 Å². The summed E-state index contributed by atoms with van der Waals surface area (Å²) in [6.07, 6.45) is 1.34. The number of alkyl halides is 2. The van der Waals surface area contributed by atoms with Crippen LogP contribution in [0.5, 0.6) is 0 Å². The minimum atomic E-state index is -2.57. The smallest absolute Gasteiger partial charge is 0.333 e. The second-order valence-electron chi connectivity index (χ2n) is 3.66. The summed E-state index contributed by atoms with van der Waals surface area (Å²) in [5, 5.41) is 6.76. The maximum atomic E-state index is 12.2. The van der Waals surface area contributed by atoms with Gasteiger partial charge in [-0.15, -0.1) is 0 Å². The molecule has 0 aliphatic rings. The minimum Gasteiger partial charge on any atom is -0.382 e. The van der Waals surface area contributed by atoms with Crippen LogP contribution in [0.2, 0.25) is 0 Å². The summed E-state index contributed by atoms with van der Waals surface area (Å²) < 4.78 is 25.1. The Kier molecular flexibility index (Phi) is 3.43. The van der Waals surface area contributed by atoms with Crippen LogP contribution in [0, 0.1) is 12.8 Å². The van der Waals surface area contributed by atoms with E-state index in [1.165, 1.54) is 6.20 Å². The van der Waals surface area contributed by atoms with Crippen molar-refractivity contribution in [3.63, 3.8) is 0 Å². The number of hydrogen-bond donors (Lipinski definition) is 1. The highest BCUT2D eigenvalue weighted by Gasteiger charge is 2.10. The molecule has 0 radical (unpaired) electrons. The third-order valence-electron chi connectivity index (χ3n) is 1.82. The van der Waals surface area contributed by atoms with E-state index in [-0.39, 0.29) is 0 Å². The number of nitrogens with zero attached hydrogens (tertiary/aromatic N) is 2. The zero-order valence-corrected chi connectivity index (χ0v) is 8.59. The fourth-order valence-electron chi connectivity index (χ4n) is 1.07. The van der Waals surface area contributed by atoms with Crippen LogP contribution in [0.4, 0.5) is 14.5 Å². The first-order valence-electron chi connectivity index (χ1n) is 4.58. The van der Waals surface area contributed by atoms with Gasteiger partial charge in [0.2, 0.25) is 0 Å². The second-order valence-corrected chi connectivity index (χ2v) is 3.66. The van der Waals surface area contributed by atoms with Gasteiger partial charge in [-0.2, -0.15) is 13.9 Å². The lowest BCUT2D eigenvalue weighted by molar-refractivity contribution is 0.0563. The molecule has 0 aliphatic heterocycles. The minimum absolute atomic E-state index is 0.476. The number of rotatable bonds is 4. The summed E-state index contributed by atoms with van der Waals surface area (Å²) in [5.41, 5.74) is 1.28. The lowest BCUT2D eigenvalue weighted by Crippen LogP contribution is -2.07. The lowest BCUT2D eigenvalue weighted by Gasteiger charge is -2.06. The van der Waals surface area contributed by atoms with Crippen LogP contribution in [0.15, 0.2) is 6.20 Å². The van der Waals surface area contributed by atoms with E-state index in [9.17, 15) is 8.78 Å². The number of hydrogen-bond acceptors (Lipinski definition) is 2. The Morgan fingerprint density at radius 1 is 1.50 bits per heavy atom. The summed E-state index contributed by atoms with van der Waals surface area (Å²) in [4.78, 5) is 0. The Morgan fingerprint density at radius 2 is 2.14 bits per heavy atom. The van der Waals surface area contributed by atoms with E-state index >= 15 is 0 Å². The molecule has 0 saturated carbocycles. The molecule has 1 aromatic rings. The van der Waals surface area contributed by atoms with Gasteiger partial charge in [-0.3, -0.25) is 0 Å². The van der Waals surface area contributed by atoms with Gasteiger partial charge in [0.1, 0.15) is 0 Å². The van der Waals surface area contributed by atoms with Crippen molar-refractivity contribution < 1.29 is 8.78 Å². The summed E-state index contributed by atoms with van der Waals surface area (Å²) in [5.74, 6) is 0.476. The average Bonchev–Trinajstić information content (AvgIpc) is 2.43. The molecule has 5 heteroatoms. The molecule has 0 amide bonds. The van der Waals surface area contributed by atoms with Crippen LogP contribution in [-0.2, 0) is 0 Å². The Hall–Kier alpha value is -1.13. The maximum Gasteiger partial charge on any atom is 0.333 e. The van der Waals surface area contributed by atoms with Crippen molar-refractivity contribution in [2.24, 2.45) is 5.92 Å². The molecule has 14 heavy (non-hydrogen) atoms. The van der Waals surface area contributed by atoms with E-state index in [1.54, 1.807) is 6.92 Å². The van der Waals surface area contributed by atoms with Crippen LogP contribution in [-0.4, -0.2) is 16.3 Å². The van der Waals surface area contributed by atoms with Gasteiger partial charge in [-0.05, 0) is 12.8 Å². The topological polar surface area (TPSA) is 29.9 Å². The molecule has 0 fully saturated rings. The monoisotopic (exact) mass is 203 g/mol. The summed E-state index contributed by atoms with van der Waals surface area (Å²) in [6.45, 7) is 4.01. The second kappa shape index (κ2) is 4.39. The first-order chi connectivity index (χ1) is 6.50. The highest BCUT2D eigenvalue weighted by Crippen LogP contribution is 2.17. The number of aryl methyl sites for hydroxylation is 1. The Bertz CT molecular complexity index is 294. The van der Waals surface area contributed by atoms with Gasteiger partial charge >= 0.3 is 6.55 Å². The van der Waals surface area contributed by atoms with Crippen LogP contribution in [0.25, 0.3) is 0 Å². The van der Waals surface area contributed by atoms with E-state index < -0.39 is 6.55 Å². The third kappa shape index (κ3) is 2.68. The summed E-state index contributed by atoms with van der Waals surface area (Å²) in [7, 11) is 0. The van der Waals surface area contributed by atoms with Gasteiger partial charge in [0.15, 0.2) is 0 Å². The molecule has 0 bridgehead atoms. The van der Waals surface area contributed by atoms with Gasteiger partial charge in [0, 0.05) is 6.54 Å². The molecular weight excluding hydrogens is 188 g/mol. The van der Waals surface area contributed by atoms with E-state index in [4.69, 9.17) is 0 Å². The number of nitrogens with one attached hydrogen (secondary N) is 1. The molecule has 0 saturated heterocycles. The molecule has 1 N–H and O–H groups in total. The quantitative estimate of drug-likeness (QED) is 0.815. The van der Waals surface area contributed by atoms with Gasteiger partial charge in [-0.1, -0.05) is 13.8 Å². The number of anilines is 1. The number of aromatic nitrogens is 2. The van der Waals surface area contributed by atoms with Gasteiger partial charge in [-0.25, -0.2) is 4.68 Å². The highest BCUT2D eigenvalue weighted by molar-refractivity contribution is 5.45. The van der Waals surface area contributed by atoms with Crippen LogP contribution in [0.1, 0.15) is 26.1 Å². The molecule has 0 aliphatic carbocycles. The van der Waals surface area contributed by atoms with Crippen LogP contribution >= 0.6 is 0 Å². The molecule has 1 aromatic heterocycles. The first kappa shape index (κ1) is 10.9. The van der Waals surface area contributed by atoms with Crippen molar-refractivity contribution in [3.8, 4) is 0 Å².